The zero-order chi connectivity index (χ0) is 15.7. The average Bonchev–Trinajstić information content (AvgIpc) is 2.95. The maximum Gasteiger partial charge on any atom is 0.326 e. The van der Waals surface area contributed by atoms with Crippen LogP contribution in [0.15, 0.2) is 0 Å². The van der Waals surface area contributed by atoms with E-state index in [9.17, 15) is 14.4 Å². The second kappa shape index (κ2) is 9.37. The van der Waals surface area contributed by atoms with Gasteiger partial charge in [0.15, 0.2) is 0 Å². The summed E-state index contributed by atoms with van der Waals surface area (Å²) in [4.78, 5) is 34.2. The van der Waals surface area contributed by atoms with Crippen LogP contribution in [-0.2, 0) is 14.4 Å². The van der Waals surface area contributed by atoms with Crippen molar-refractivity contribution < 1.29 is 19.5 Å². The number of nitrogens with one attached hydrogen (secondary N) is 2. The molecule has 1 rings (SSSR count). The molecule has 0 heterocycles. The molecule has 0 aromatic heterocycles. The van der Waals surface area contributed by atoms with Crippen molar-refractivity contribution in [2.75, 3.05) is 6.54 Å². The molecule has 0 aromatic carbocycles. The molecule has 1 aliphatic rings. The average molecular weight is 298 g/mol. The van der Waals surface area contributed by atoms with Crippen LogP contribution >= 0.6 is 0 Å². The molecule has 0 aromatic rings. The molecule has 2 amide bonds. The molecule has 1 atom stereocenters. The number of carboxylic acid groups (broad SMARTS) is 1. The van der Waals surface area contributed by atoms with Gasteiger partial charge in [0.05, 0.1) is 6.54 Å². The number of carbonyl (C=O) groups is 3. The van der Waals surface area contributed by atoms with Crippen LogP contribution in [0.1, 0.15) is 58.3 Å². The predicted molar refractivity (Wildman–Crippen MR) is 78.7 cm³/mol. The summed E-state index contributed by atoms with van der Waals surface area (Å²) in [6.45, 7) is 1.70. The molecule has 0 aliphatic heterocycles. The lowest BCUT2D eigenvalue weighted by Crippen LogP contribution is -2.45. The lowest BCUT2D eigenvalue weighted by atomic mass is 10.0. The minimum atomic E-state index is -1.04. The Labute approximate surface area is 125 Å². The van der Waals surface area contributed by atoms with Crippen molar-refractivity contribution in [2.45, 2.75) is 64.3 Å². The molecule has 3 N–H and O–H groups in total. The number of rotatable bonds is 9. The molecule has 0 bridgehead atoms. The Morgan fingerprint density at radius 3 is 2.43 bits per heavy atom. The summed E-state index contributed by atoms with van der Waals surface area (Å²) >= 11 is 0. The lowest BCUT2D eigenvalue weighted by Gasteiger charge is -2.14. The highest BCUT2D eigenvalue weighted by molar-refractivity contribution is 5.87. The third-order valence-corrected chi connectivity index (χ3v) is 3.91. The summed E-state index contributed by atoms with van der Waals surface area (Å²) in [5, 5.41) is 13.9. The van der Waals surface area contributed by atoms with Crippen molar-refractivity contribution in [1.82, 2.24) is 10.6 Å². The van der Waals surface area contributed by atoms with E-state index in [0.717, 1.165) is 6.42 Å². The van der Waals surface area contributed by atoms with Crippen molar-refractivity contribution in [2.24, 2.45) is 5.92 Å². The Bertz CT molecular complexity index is 365. The maximum absolute atomic E-state index is 11.6. The Hall–Kier alpha value is -1.59. The molecule has 21 heavy (non-hydrogen) atoms. The molecule has 1 saturated carbocycles. The summed E-state index contributed by atoms with van der Waals surface area (Å²) in [5.41, 5.74) is 0. The molecule has 1 fully saturated rings. The van der Waals surface area contributed by atoms with Gasteiger partial charge < -0.3 is 15.7 Å². The number of hydrogen-bond acceptors (Lipinski definition) is 3. The highest BCUT2D eigenvalue weighted by atomic mass is 16.4. The van der Waals surface area contributed by atoms with Crippen LogP contribution in [0.3, 0.4) is 0 Å². The Morgan fingerprint density at radius 1 is 1.19 bits per heavy atom. The Morgan fingerprint density at radius 2 is 1.86 bits per heavy atom. The zero-order valence-electron chi connectivity index (χ0n) is 12.7. The first-order valence-electron chi connectivity index (χ1n) is 7.81. The van der Waals surface area contributed by atoms with Crippen LogP contribution in [0.4, 0.5) is 0 Å². The minimum Gasteiger partial charge on any atom is -0.480 e. The van der Waals surface area contributed by atoms with Crippen molar-refractivity contribution in [3.63, 3.8) is 0 Å². The Balaban J connectivity index is 2.18. The summed E-state index contributed by atoms with van der Waals surface area (Å²) in [5.74, 6) is -0.993. The topological polar surface area (TPSA) is 95.5 Å². The highest BCUT2D eigenvalue weighted by Gasteiger charge is 2.19. The van der Waals surface area contributed by atoms with E-state index in [1.165, 1.54) is 25.7 Å². The van der Waals surface area contributed by atoms with Gasteiger partial charge in [-0.2, -0.15) is 0 Å². The highest BCUT2D eigenvalue weighted by Crippen LogP contribution is 2.28. The van der Waals surface area contributed by atoms with Crippen LogP contribution in [0.25, 0.3) is 0 Å². The van der Waals surface area contributed by atoms with E-state index >= 15 is 0 Å². The van der Waals surface area contributed by atoms with E-state index in [4.69, 9.17) is 5.11 Å². The molecule has 0 spiro atoms. The van der Waals surface area contributed by atoms with Gasteiger partial charge in [-0.05, 0) is 18.8 Å². The third-order valence-electron chi connectivity index (χ3n) is 3.91. The fourth-order valence-corrected chi connectivity index (χ4v) is 2.69. The summed E-state index contributed by atoms with van der Waals surface area (Å²) in [6, 6.07) is -0.877. The molecule has 120 valence electrons. The van der Waals surface area contributed by atoms with E-state index in [1.807, 2.05) is 6.92 Å². The van der Waals surface area contributed by atoms with Crippen LogP contribution in [-0.4, -0.2) is 35.5 Å². The van der Waals surface area contributed by atoms with Gasteiger partial charge >= 0.3 is 5.97 Å². The smallest absolute Gasteiger partial charge is 0.326 e. The van der Waals surface area contributed by atoms with Crippen molar-refractivity contribution in [3.05, 3.63) is 0 Å². The zero-order valence-corrected chi connectivity index (χ0v) is 12.7. The van der Waals surface area contributed by atoms with Gasteiger partial charge in [0, 0.05) is 6.42 Å². The van der Waals surface area contributed by atoms with Crippen LogP contribution in [0.2, 0.25) is 0 Å². The number of amides is 2. The minimum absolute atomic E-state index is 0.139. The Kier molecular flexibility index (Phi) is 7.79. The van der Waals surface area contributed by atoms with Crippen LogP contribution in [0.5, 0.6) is 0 Å². The SMILES string of the molecule is CCCC(NC(=O)CNC(=O)CCC1CCCC1)C(=O)O. The molecule has 1 aliphatic carbocycles. The normalized spacial score (nSPS) is 16.4. The molecule has 1 unspecified atom stereocenters. The molecule has 0 radical (unpaired) electrons. The second-order valence-electron chi connectivity index (χ2n) is 5.71. The second-order valence-corrected chi connectivity index (χ2v) is 5.71. The van der Waals surface area contributed by atoms with Gasteiger partial charge in [-0.25, -0.2) is 4.79 Å². The molecule has 6 heteroatoms. The van der Waals surface area contributed by atoms with E-state index in [2.05, 4.69) is 10.6 Å². The van der Waals surface area contributed by atoms with Crippen LogP contribution < -0.4 is 10.6 Å². The molecule has 0 saturated heterocycles. The van der Waals surface area contributed by atoms with Gasteiger partial charge in [0.1, 0.15) is 6.04 Å². The molecule has 6 nitrogen and oxygen atoms in total. The largest absolute Gasteiger partial charge is 0.480 e. The van der Waals surface area contributed by atoms with Gasteiger partial charge in [0.25, 0.3) is 0 Å². The fourth-order valence-electron chi connectivity index (χ4n) is 2.69. The number of carbonyl (C=O) groups excluding carboxylic acids is 2. The summed E-state index contributed by atoms with van der Waals surface area (Å²) < 4.78 is 0. The predicted octanol–water partition coefficient (Wildman–Crippen LogP) is 1.44. The third kappa shape index (κ3) is 7.11. The summed E-state index contributed by atoms with van der Waals surface area (Å²) in [6.07, 6.45) is 7.28. The monoisotopic (exact) mass is 298 g/mol. The van der Waals surface area contributed by atoms with Crippen molar-refractivity contribution in [1.29, 1.82) is 0 Å². The van der Waals surface area contributed by atoms with Crippen LogP contribution in [0, 0.1) is 5.92 Å². The van der Waals surface area contributed by atoms with E-state index in [1.54, 1.807) is 0 Å². The first kappa shape index (κ1) is 17.5. The first-order valence-corrected chi connectivity index (χ1v) is 7.81. The standard InChI is InChI=1S/C15H26N2O4/c1-2-5-12(15(20)21)17-14(19)10-16-13(18)9-8-11-6-3-4-7-11/h11-12H,2-10H2,1H3,(H,16,18)(H,17,19)(H,20,21). The number of hydrogen-bond donors (Lipinski definition) is 3. The lowest BCUT2D eigenvalue weighted by molar-refractivity contribution is -0.141. The summed E-state index contributed by atoms with van der Waals surface area (Å²) in [7, 11) is 0. The molecular weight excluding hydrogens is 272 g/mol. The number of aliphatic carboxylic acids is 1. The molecular formula is C15H26N2O4. The quantitative estimate of drug-likeness (QED) is 0.600. The number of carboxylic acids is 1. The van der Waals surface area contributed by atoms with E-state index < -0.39 is 17.9 Å². The van der Waals surface area contributed by atoms with Gasteiger partial charge in [-0.3, -0.25) is 9.59 Å². The van der Waals surface area contributed by atoms with Gasteiger partial charge in [0.2, 0.25) is 11.8 Å². The van der Waals surface area contributed by atoms with E-state index in [0.29, 0.717) is 25.2 Å². The van der Waals surface area contributed by atoms with E-state index in [-0.39, 0.29) is 12.5 Å². The maximum atomic E-state index is 11.6. The first-order chi connectivity index (χ1) is 10.0. The van der Waals surface area contributed by atoms with Crippen molar-refractivity contribution >= 4 is 17.8 Å². The van der Waals surface area contributed by atoms with Crippen molar-refractivity contribution in [3.8, 4) is 0 Å². The van der Waals surface area contributed by atoms with Gasteiger partial charge in [-0.1, -0.05) is 39.0 Å². The fraction of sp³-hybridized carbons (Fsp3) is 0.800. The van der Waals surface area contributed by atoms with Gasteiger partial charge in [-0.15, -0.1) is 0 Å².